The second-order valence-corrected chi connectivity index (χ2v) is 6.34. The van der Waals surface area contributed by atoms with Crippen molar-refractivity contribution in [2.75, 3.05) is 7.05 Å². The first-order valence-corrected chi connectivity index (χ1v) is 7.33. The number of hydrogen-bond acceptors (Lipinski definition) is 5. The highest BCUT2D eigenvalue weighted by atomic mass is 32.2. The maximum absolute atomic E-state index is 13.5. The van der Waals surface area contributed by atoms with Crippen LogP contribution in [0.1, 0.15) is 17.2 Å². The summed E-state index contributed by atoms with van der Waals surface area (Å²) in [6.07, 6.45) is 0. The number of nitrogens with one attached hydrogen (secondary N) is 1. The molecule has 0 saturated carbocycles. The molecule has 0 aliphatic carbocycles. The molecular formula is C12H12FN5O2S. The zero-order valence-corrected chi connectivity index (χ0v) is 12.1. The molecule has 0 aliphatic heterocycles. The number of nitrogens with zero attached hydrogens (tertiary/aromatic N) is 4. The van der Waals surface area contributed by atoms with Crippen LogP contribution in [0.15, 0.2) is 23.1 Å². The number of hydrogen-bond donors (Lipinski definition) is 1. The van der Waals surface area contributed by atoms with E-state index in [2.05, 4.69) is 15.2 Å². The van der Waals surface area contributed by atoms with E-state index in [9.17, 15) is 12.8 Å². The summed E-state index contributed by atoms with van der Waals surface area (Å²) in [6.45, 7) is 1.60. The molecule has 110 valence electrons. The molecule has 2 aromatic rings. The van der Waals surface area contributed by atoms with Crippen molar-refractivity contribution in [3.05, 3.63) is 41.2 Å². The molecule has 0 bridgehead atoms. The molecule has 1 aromatic heterocycles. The average molecular weight is 309 g/mol. The molecule has 0 unspecified atom stereocenters. The van der Waals surface area contributed by atoms with Gasteiger partial charge >= 0.3 is 0 Å². The van der Waals surface area contributed by atoms with Crippen LogP contribution in [0.3, 0.4) is 0 Å². The Balaban J connectivity index is 2.38. The summed E-state index contributed by atoms with van der Waals surface area (Å²) in [5.74, 6) is -0.0338. The molecule has 1 heterocycles. The Morgan fingerprint density at radius 3 is 2.76 bits per heavy atom. The van der Waals surface area contributed by atoms with E-state index in [4.69, 9.17) is 5.26 Å². The number of sulfonamides is 1. The van der Waals surface area contributed by atoms with Crippen LogP contribution in [-0.2, 0) is 16.6 Å². The maximum Gasteiger partial charge on any atom is 0.244 e. The lowest BCUT2D eigenvalue weighted by Crippen LogP contribution is -2.28. The van der Waals surface area contributed by atoms with Crippen molar-refractivity contribution < 1.29 is 12.8 Å². The summed E-state index contributed by atoms with van der Waals surface area (Å²) >= 11 is 0. The fraction of sp³-hybridized carbons (Fsp3) is 0.250. The second kappa shape index (κ2) is 5.59. The molecule has 0 fully saturated rings. The summed E-state index contributed by atoms with van der Waals surface area (Å²) in [4.78, 5) is 3.63. The summed E-state index contributed by atoms with van der Waals surface area (Å²) in [5.41, 5.74) is -0.504. The first-order chi connectivity index (χ1) is 9.86. The van der Waals surface area contributed by atoms with E-state index in [1.807, 2.05) is 0 Å². The van der Waals surface area contributed by atoms with Gasteiger partial charge in [-0.25, -0.2) is 17.8 Å². The van der Waals surface area contributed by atoms with Crippen molar-refractivity contribution >= 4 is 10.0 Å². The molecule has 0 saturated heterocycles. The number of H-pyrrole nitrogens is 1. The van der Waals surface area contributed by atoms with E-state index >= 15 is 0 Å². The summed E-state index contributed by atoms with van der Waals surface area (Å²) in [6, 6.07) is 5.05. The summed E-state index contributed by atoms with van der Waals surface area (Å²) in [7, 11) is -2.70. The van der Waals surface area contributed by atoms with Gasteiger partial charge in [-0.05, 0) is 19.1 Å². The van der Waals surface area contributed by atoms with Crippen LogP contribution in [-0.4, -0.2) is 35.0 Å². The topological polar surface area (TPSA) is 103 Å². The van der Waals surface area contributed by atoms with Gasteiger partial charge < -0.3 is 0 Å². The van der Waals surface area contributed by atoms with Crippen LogP contribution < -0.4 is 0 Å². The third-order valence-corrected chi connectivity index (χ3v) is 4.63. The van der Waals surface area contributed by atoms with E-state index in [0.717, 1.165) is 10.4 Å². The van der Waals surface area contributed by atoms with E-state index in [0.29, 0.717) is 5.82 Å². The van der Waals surface area contributed by atoms with Crippen LogP contribution in [0, 0.1) is 24.1 Å². The Morgan fingerprint density at radius 2 is 2.19 bits per heavy atom. The highest BCUT2D eigenvalue weighted by Crippen LogP contribution is 2.21. The minimum atomic E-state index is -4.02. The highest BCUT2D eigenvalue weighted by molar-refractivity contribution is 7.89. The fourth-order valence-corrected chi connectivity index (χ4v) is 3.01. The molecule has 0 atom stereocenters. The molecule has 21 heavy (non-hydrogen) atoms. The van der Waals surface area contributed by atoms with Crippen molar-refractivity contribution in [2.24, 2.45) is 0 Å². The predicted molar refractivity (Wildman–Crippen MR) is 70.9 cm³/mol. The first kappa shape index (κ1) is 15.1. The Labute approximate surface area is 121 Å². The van der Waals surface area contributed by atoms with Gasteiger partial charge in [0.25, 0.3) is 0 Å². The Kier molecular flexibility index (Phi) is 4.02. The Bertz CT molecular complexity index is 809. The highest BCUT2D eigenvalue weighted by Gasteiger charge is 2.26. The molecule has 1 N–H and O–H groups in total. The lowest BCUT2D eigenvalue weighted by atomic mass is 10.2. The molecular weight excluding hydrogens is 297 g/mol. The van der Waals surface area contributed by atoms with Gasteiger partial charge in [0.15, 0.2) is 5.82 Å². The summed E-state index contributed by atoms with van der Waals surface area (Å²) < 4.78 is 39.3. The zero-order chi connectivity index (χ0) is 15.6. The lowest BCUT2D eigenvalue weighted by molar-refractivity contribution is 0.456. The smallest absolute Gasteiger partial charge is 0.244 e. The first-order valence-electron chi connectivity index (χ1n) is 5.89. The summed E-state index contributed by atoms with van der Waals surface area (Å²) in [5, 5.41) is 15.4. The number of aromatic nitrogens is 3. The van der Waals surface area contributed by atoms with Gasteiger partial charge in [0.05, 0.1) is 6.54 Å². The molecule has 0 amide bonds. The standard InChI is InChI=1S/C12H12FN5O2S/c1-8-15-12(17-16-8)7-18(2)21(19,20)11-5-3-4-10(13)9(11)6-14/h3-5H,7H2,1-2H3,(H,15,16,17). The quantitative estimate of drug-likeness (QED) is 0.905. The van der Waals surface area contributed by atoms with Crippen LogP contribution in [0.4, 0.5) is 4.39 Å². The van der Waals surface area contributed by atoms with E-state index < -0.39 is 21.4 Å². The number of aryl methyl sites for hydroxylation is 1. The van der Waals surface area contributed by atoms with Crippen molar-refractivity contribution in [3.63, 3.8) is 0 Å². The van der Waals surface area contributed by atoms with E-state index in [1.165, 1.54) is 19.2 Å². The number of benzene rings is 1. The van der Waals surface area contributed by atoms with E-state index in [-0.39, 0.29) is 17.3 Å². The molecule has 9 heteroatoms. The fourth-order valence-electron chi connectivity index (χ4n) is 1.74. The number of aromatic amines is 1. The Hall–Kier alpha value is -2.31. The average Bonchev–Trinajstić information content (AvgIpc) is 2.83. The largest absolute Gasteiger partial charge is 0.263 e. The van der Waals surface area contributed by atoms with Gasteiger partial charge in [0.2, 0.25) is 10.0 Å². The van der Waals surface area contributed by atoms with Gasteiger partial charge in [-0.15, -0.1) is 0 Å². The lowest BCUT2D eigenvalue weighted by Gasteiger charge is -2.16. The molecule has 0 radical (unpaired) electrons. The van der Waals surface area contributed by atoms with Gasteiger partial charge in [-0.2, -0.15) is 14.7 Å². The number of rotatable bonds is 4. The molecule has 0 aliphatic rings. The Morgan fingerprint density at radius 1 is 1.48 bits per heavy atom. The van der Waals surface area contributed by atoms with Crippen LogP contribution in [0.2, 0.25) is 0 Å². The van der Waals surface area contributed by atoms with Gasteiger partial charge in [0, 0.05) is 7.05 Å². The number of nitriles is 1. The normalized spacial score (nSPS) is 11.6. The van der Waals surface area contributed by atoms with Crippen LogP contribution in [0.5, 0.6) is 0 Å². The third kappa shape index (κ3) is 2.91. The predicted octanol–water partition coefficient (Wildman–Crippen LogP) is 0.945. The second-order valence-electron chi connectivity index (χ2n) is 4.32. The van der Waals surface area contributed by atoms with Crippen molar-refractivity contribution in [1.82, 2.24) is 19.5 Å². The molecule has 7 nitrogen and oxygen atoms in total. The van der Waals surface area contributed by atoms with Crippen LogP contribution in [0.25, 0.3) is 0 Å². The van der Waals surface area contributed by atoms with Gasteiger partial charge in [0.1, 0.15) is 28.2 Å². The molecule has 2 rings (SSSR count). The third-order valence-electron chi connectivity index (χ3n) is 2.78. The molecule has 0 spiro atoms. The van der Waals surface area contributed by atoms with Crippen molar-refractivity contribution in [3.8, 4) is 6.07 Å². The SMILES string of the molecule is Cc1nc(CN(C)S(=O)(=O)c2cccc(F)c2C#N)n[nH]1. The molecule has 1 aromatic carbocycles. The monoisotopic (exact) mass is 309 g/mol. The van der Waals surface area contributed by atoms with Gasteiger partial charge in [-0.1, -0.05) is 6.07 Å². The minimum absolute atomic E-state index is 0.0892. The maximum atomic E-state index is 13.5. The van der Waals surface area contributed by atoms with Gasteiger partial charge in [-0.3, -0.25) is 5.10 Å². The van der Waals surface area contributed by atoms with Crippen molar-refractivity contribution in [1.29, 1.82) is 5.26 Å². The van der Waals surface area contributed by atoms with Crippen molar-refractivity contribution in [2.45, 2.75) is 18.4 Å². The van der Waals surface area contributed by atoms with Crippen LogP contribution >= 0.6 is 0 Å². The minimum Gasteiger partial charge on any atom is -0.263 e. The number of halogens is 1. The zero-order valence-electron chi connectivity index (χ0n) is 11.3. The van der Waals surface area contributed by atoms with E-state index in [1.54, 1.807) is 13.0 Å².